The van der Waals surface area contributed by atoms with E-state index in [1.807, 2.05) is 190 Å². The van der Waals surface area contributed by atoms with Crippen LogP contribution in [0.2, 0.25) is 0 Å². The summed E-state index contributed by atoms with van der Waals surface area (Å²) in [6.45, 7) is 6.05. The van der Waals surface area contributed by atoms with Gasteiger partial charge in [0.25, 0.3) is 0 Å². The van der Waals surface area contributed by atoms with Gasteiger partial charge in [0, 0.05) is 71.4 Å². The largest absolute Gasteiger partial charge is 0.464 e. The van der Waals surface area contributed by atoms with Crippen LogP contribution in [0.4, 0.5) is 32.3 Å². The summed E-state index contributed by atoms with van der Waals surface area (Å²) in [5, 5.41) is 23.7. The lowest BCUT2D eigenvalue weighted by Crippen LogP contribution is -2.41. The number of nitrogens with zero attached hydrogens (tertiary/aromatic N) is 3. The fourth-order valence-electron chi connectivity index (χ4n) is 10.9. The second-order valence-corrected chi connectivity index (χ2v) is 23.1. The Morgan fingerprint density at radius 2 is 1.14 bits per heavy atom. The number of carbonyl (C=O) groups excluding carboxylic acids is 5. The first-order valence-electron chi connectivity index (χ1n) is 31.1. The van der Waals surface area contributed by atoms with Crippen LogP contribution in [0.5, 0.6) is 0 Å². The normalized spacial score (nSPS) is 12.1. The summed E-state index contributed by atoms with van der Waals surface area (Å²) in [7, 11) is 1.71. The van der Waals surface area contributed by atoms with E-state index in [2.05, 4.69) is 38.4 Å². The van der Waals surface area contributed by atoms with Gasteiger partial charge in [-0.05, 0) is 117 Å². The zero-order chi connectivity index (χ0) is 64.6. The van der Waals surface area contributed by atoms with E-state index in [1.165, 1.54) is 0 Å². The number of hydrogen-bond acceptors (Lipinski definition) is 12. The second-order valence-electron chi connectivity index (χ2n) is 23.1. The molecule has 11 rings (SSSR count). The van der Waals surface area contributed by atoms with Gasteiger partial charge in [0.1, 0.15) is 6.04 Å². The SMILES string of the molecule is CCCc1nnc(C(Cc2ccc(-c3cccc(CNC(=O)OC(c4ccc(-c5cccc(N(C)C(=O)Nc6ccc7ccccc7c6)c5)cc4)C(Nc4ccccc4C(=O)c4ccccc4)C(=O)OCC(C)C)c3)cc2)Nc2ccccc2C(=O)c2ccccc2)o1. The molecule has 0 aliphatic carbocycles. The van der Waals surface area contributed by atoms with Crippen molar-refractivity contribution in [3.63, 3.8) is 0 Å². The molecule has 93 heavy (non-hydrogen) atoms. The maximum Gasteiger partial charge on any atom is 0.408 e. The van der Waals surface area contributed by atoms with Crippen LogP contribution >= 0.6 is 0 Å². The van der Waals surface area contributed by atoms with Gasteiger partial charge < -0.3 is 35.2 Å². The smallest absolute Gasteiger partial charge is 0.408 e. The maximum atomic E-state index is 14.6. The fourth-order valence-corrected chi connectivity index (χ4v) is 10.9. The molecule has 4 N–H and O–H groups in total. The van der Waals surface area contributed by atoms with E-state index in [0.29, 0.717) is 75.2 Å². The number of rotatable bonds is 25. The van der Waals surface area contributed by atoms with Crippen molar-refractivity contribution in [1.82, 2.24) is 15.5 Å². The average Bonchev–Trinajstić information content (AvgIpc) is 2.06. The van der Waals surface area contributed by atoms with E-state index in [0.717, 1.165) is 50.6 Å². The van der Waals surface area contributed by atoms with Crippen LogP contribution in [-0.2, 0) is 33.7 Å². The van der Waals surface area contributed by atoms with Crippen LogP contribution in [0.15, 0.2) is 253 Å². The standard InChI is InChI=1S/C78H71N7O8/c1-5-20-70-83-84-75(92-70)69(81-67-33-16-14-31-65(67)72(86)57-23-8-6-9-24-57)46-52-35-37-55(38-36-52)60-28-18-21-53(45-60)49-79-78(90)93-74(71(76(88)91-50-51(2)3)82-68-34-17-15-32-66(68)73(87)58-25-10-7-11-26-58)59-41-39-56(40-42-59)62-29-19-30-64(48-62)85(4)77(89)80-63-44-43-54-22-12-13-27-61(54)47-63/h6-19,21-45,47-48,51,69,71,74,81-82H,5,20,46,49-50H2,1-4H3,(H,79,90)(H,80,89). The molecule has 0 fully saturated rings. The van der Waals surface area contributed by atoms with Crippen molar-refractivity contribution in [2.24, 2.45) is 5.92 Å². The van der Waals surface area contributed by atoms with Crippen LogP contribution in [0, 0.1) is 5.92 Å². The highest BCUT2D eigenvalue weighted by Gasteiger charge is 2.36. The van der Waals surface area contributed by atoms with Crippen molar-refractivity contribution < 1.29 is 37.9 Å². The lowest BCUT2D eigenvalue weighted by molar-refractivity contribution is -0.148. The number of anilines is 4. The number of amides is 3. The number of aryl methyl sites for hydroxylation is 1. The molecule has 3 unspecified atom stereocenters. The summed E-state index contributed by atoms with van der Waals surface area (Å²) in [6.07, 6.45) is -0.174. The first-order chi connectivity index (χ1) is 45.3. The third kappa shape index (κ3) is 15.9. The van der Waals surface area contributed by atoms with E-state index in [1.54, 1.807) is 84.7 Å². The highest BCUT2D eigenvalue weighted by atomic mass is 16.6. The number of benzene rings is 10. The van der Waals surface area contributed by atoms with Crippen molar-refractivity contribution in [3.05, 3.63) is 299 Å². The van der Waals surface area contributed by atoms with Gasteiger partial charge in [-0.25, -0.2) is 14.4 Å². The van der Waals surface area contributed by atoms with Crippen LogP contribution < -0.4 is 26.2 Å². The maximum absolute atomic E-state index is 14.6. The minimum atomic E-state index is -1.36. The fraction of sp³-hybridized carbons (Fsp3) is 0.167. The number of alkyl carbamates (subject to hydrolysis) is 1. The Morgan fingerprint density at radius 1 is 0.548 bits per heavy atom. The Labute approximate surface area is 540 Å². The number of esters is 1. The average molecular weight is 1230 g/mol. The molecule has 0 bridgehead atoms. The lowest BCUT2D eigenvalue weighted by atomic mass is 9.96. The Morgan fingerprint density at radius 3 is 1.80 bits per heavy atom. The quantitative estimate of drug-likeness (QED) is 0.0313. The zero-order valence-electron chi connectivity index (χ0n) is 52.1. The Kier molecular flexibility index (Phi) is 20.3. The second kappa shape index (κ2) is 29.9. The number of hydrogen-bond donors (Lipinski definition) is 4. The monoisotopic (exact) mass is 1230 g/mol. The van der Waals surface area contributed by atoms with E-state index in [9.17, 15) is 24.0 Å². The number of aromatic nitrogens is 2. The minimum absolute atomic E-state index is 0.0266. The molecule has 0 aliphatic heterocycles. The predicted octanol–water partition coefficient (Wildman–Crippen LogP) is 16.7. The molecule has 15 nitrogen and oxygen atoms in total. The van der Waals surface area contributed by atoms with Crippen LogP contribution in [-0.4, -0.2) is 59.6 Å². The number of carbonyl (C=O) groups is 5. The molecule has 10 aromatic carbocycles. The van der Waals surface area contributed by atoms with Crippen molar-refractivity contribution in [1.29, 1.82) is 0 Å². The number of urea groups is 1. The van der Waals surface area contributed by atoms with Gasteiger partial charge in [-0.3, -0.25) is 14.5 Å². The van der Waals surface area contributed by atoms with E-state index in [4.69, 9.17) is 13.9 Å². The summed E-state index contributed by atoms with van der Waals surface area (Å²) < 4.78 is 18.5. The molecule has 3 amide bonds. The third-order valence-electron chi connectivity index (χ3n) is 15.9. The molecular formula is C78H71N7O8. The summed E-state index contributed by atoms with van der Waals surface area (Å²) in [5.41, 5.74) is 9.78. The molecule has 3 atom stereocenters. The summed E-state index contributed by atoms with van der Waals surface area (Å²) in [6, 6.07) is 74.8. The van der Waals surface area contributed by atoms with Gasteiger partial charge in [0.2, 0.25) is 11.8 Å². The lowest BCUT2D eigenvalue weighted by Gasteiger charge is -2.29. The van der Waals surface area contributed by atoms with Gasteiger partial charge >= 0.3 is 18.1 Å². The molecule has 1 heterocycles. The Hall–Kier alpha value is -11.5. The summed E-state index contributed by atoms with van der Waals surface area (Å²) in [5.74, 6) is -0.157. The number of para-hydroxylation sites is 2. The van der Waals surface area contributed by atoms with Crippen molar-refractivity contribution in [2.45, 2.75) is 64.8 Å². The molecule has 0 spiro atoms. The van der Waals surface area contributed by atoms with Gasteiger partial charge in [-0.2, -0.15) is 0 Å². The van der Waals surface area contributed by atoms with E-state index >= 15 is 0 Å². The third-order valence-corrected chi connectivity index (χ3v) is 15.9. The number of ether oxygens (including phenoxy) is 2. The number of nitrogens with one attached hydrogen (secondary N) is 4. The highest BCUT2D eigenvalue weighted by molar-refractivity contribution is 6.13. The minimum Gasteiger partial charge on any atom is -0.464 e. The Bertz CT molecular complexity index is 4400. The van der Waals surface area contributed by atoms with Crippen LogP contribution in [0.25, 0.3) is 33.0 Å². The first kappa shape index (κ1) is 63.1. The molecule has 11 aromatic rings. The summed E-state index contributed by atoms with van der Waals surface area (Å²) >= 11 is 0. The predicted molar refractivity (Wildman–Crippen MR) is 365 cm³/mol. The van der Waals surface area contributed by atoms with Gasteiger partial charge in [0.15, 0.2) is 23.7 Å². The first-order valence-corrected chi connectivity index (χ1v) is 31.1. The molecular weight excluding hydrogens is 1160 g/mol. The van der Waals surface area contributed by atoms with E-state index in [-0.39, 0.29) is 36.7 Å². The molecule has 15 heteroatoms. The zero-order valence-corrected chi connectivity index (χ0v) is 52.1. The number of ketones is 2. The van der Waals surface area contributed by atoms with Gasteiger partial charge in [-0.15, -0.1) is 10.2 Å². The molecule has 0 saturated carbocycles. The van der Waals surface area contributed by atoms with E-state index < -0.39 is 30.3 Å². The van der Waals surface area contributed by atoms with Gasteiger partial charge in [-0.1, -0.05) is 215 Å². The highest BCUT2D eigenvalue weighted by Crippen LogP contribution is 2.34. The molecule has 0 saturated heterocycles. The van der Waals surface area contributed by atoms with Crippen LogP contribution in [0.3, 0.4) is 0 Å². The van der Waals surface area contributed by atoms with Crippen molar-refractivity contribution >= 4 is 63.2 Å². The van der Waals surface area contributed by atoms with Crippen molar-refractivity contribution in [2.75, 3.05) is 34.5 Å². The molecule has 0 radical (unpaired) electrons. The molecule has 0 aliphatic rings. The Balaban J connectivity index is 0.832. The van der Waals surface area contributed by atoms with Gasteiger partial charge in [0.05, 0.1) is 6.61 Å². The molecule has 466 valence electrons. The van der Waals surface area contributed by atoms with Crippen LogP contribution in [0.1, 0.15) is 99.7 Å². The number of fused-ring (bicyclic) bond motifs is 1. The van der Waals surface area contributed by atoms with Crippen molar-refractivity contribution in [3.8, 4) is 22.3 Å². The molecule has 1 aromatic heterocycles. The summed E-state index contributed by atoms with van der Waals surface area (Å²) in [4.78, 5) is 72.2. The topological polar surface area (TPSA) is 194 Å².